The van der Waals surface area contributed by atoms with Crippen molar-refractivity contribution in [1.29, 1.82) is 0 Å². The monoisotopic (exact) mass is 213 g/mol. The molecule has 0 aliphatic carbocycles. The summed E-state index contributed by atoms with van der Waals surface area (Å²) in [5, 5.41) is 4.73. The zero-order valence-electron chi connectivity index (χ0n) is 7.51. The number of hydrogen-bond donors (Lipinski definition) is 1. The van der Waals surface area contributed by atoms with Crippen LogP contribution in [0.15, 0.2) is 18.2 Å². The fraction of sp³-hybridized carbons (Fsp3) is 0.400. The molecule has 0 saturated carbocycles. The highest BCUT2D eigenvalue weighted by molar-refractivity contribution is 7.99. The van der Waals surface area contributed by atoms with Crippen LogP contribution in [0, 0.1) is 6.92 Å². The molecule has 13 heavy (non-hydrogen) atoms. The number of thioether (sulfide) groups is 1. The minimum atomic E-state index is 0.443. The molecule has 1 atom stereocenters. The van der Waals surface area contributed by atoms with Crippen LogP contribution >= 0.6 is 23.4 Å². The van der Waals surface area contributed by atoms with Crippen molar-refractivity contribution in [3.05, 3.63) is 34.3 Å². The largest absolute Gasteiger partial charge is 0.301 e. The van der Waals surface area contributed by atoms with Gasteiger partial charge in [0.05, 0.1) is 5.37 Å². The van der Waals surface area contributed by atoms with Crippen LogP contribution in [-0.2, 0) is 0 Å². The van der Waals surface area contributed by atoms with Gasteiger partial charge in [-0.3, -0.25) is 0 Å². The molecule has 3 heteroatoms. The zero-order valence-corrected chi connectivity index (χ0v) is 9.08. The van der Waals surface area contributed by atoms with E-state index in [4.69, 9.17) is 11.6 Å². The summed E-state index contributed by atoms with van der Waals surface area (Å²) in [5.41, 5.74) is 2.44. The average Bonchev–Trinajstić information content (AvgIpc) is 2.62. The minimum absolute atomic E-state index is 0.443. The predicted octanol–water partition coefficient (Wildman–Crippen LogP) is 2.98. The molecule has 0 bridgehead atoms. The molecule has 1 N–H and O–H groups in total. The lowest BCUT2D eigenvalue weighted by Gasteiger charge is -2.10. The normalized spacial score (nSPS) is 22.2. The van der Waals surface area contributed by atoms with E-state index in [1.54, 1.807) is 0 Å². The van der Waals surface area contributed by atoms with Crippen LogP contribution in [0.2, 0.25) is 5.02 Å². The Morgan fingerprint density at radius 1 is 1.54 bits per heavy atom. The second-order valence-electron chi connectivity index (χ2n) is 3.21. The van der Waals surface area contributed by atoms with Crippen LogP contribution in [-0.4, -0.2) is 12.3 Å². The summed E-state index contributed by atoms with van der Waals surface area (Å²) in [6.45, 7) is 3.13. The molecular formula is C10H12ClNS. The summed E-state index contributed by atoms with van der Waals surface area (Å²) in [4.78, 5) is 0. The van der Waals surface area contributed by atoms with Crippen LogP contribution in [0.25, 0.3) is 0 Å². The summed E-state index contributed by atoms with van der Waals surface area (Å²) in [6, 6.07) is 6.29. The van der Waals surface area contributed by atoms with Crippen molar-refractivity contribution >= 4 is 23.4 Å². The van der Waals surface area contributed by atoms with E-state index < -0.39 is 0 Å². The van der Waals surface area contributed by atoms with Gasteiger partial charge in [0.15, 0.2) is 0 Å². The standard InChI is InChI=1S/C10H12ClNS/c1-7-2-3-8(6-9(7)11)10-12-4-5-13-10/h2-3,6,10,12H,4-5H2,1H3. The molecule has 70 valence electrons. The first-order valence-corrected chi connectivity index (χ1v) is 5.81. The van der Waals surface area contributed by atoms with Gasteiger partial charge >= 0.3 is 0 Å². The van der Waals surface area contributed by atoms with E-state index in [1.807, 2.05) is 18.7 Å². The Bertz CT molecular complexity index is 308. The van der Waals surface area contributed by atoms with E-state index in [0.29, 0.717) is 5.37 Å². The van der Waals surface area contributed by atoms with E-state index in [0.717, 1.165) is 17.1 Å². The summed E-state index contributed by atoms with van der Waals surface area (Å²) in [7, 11) is 0. The molecular weight excluding hydrogens is 202 g/mol. The Hall–Kier alpha value is -0.180. The van der Waals surface area contributed by atoms with Gasteiger partial charge in [0, 0.05) is 17.3 Å². The maximum Gasteiger partial charge on any atom is 0.0790 e. The number of rotatable bonds is 1. The molecule has 1 aliphatic heterocycles. The lowest BCUT2D eigenvalue weighted by atomic mass is 10.1. The van der Waals surface area contributed by atoms with Crippen molar-refractivity contribution in [3.63, 3.8) is 0 Å². The molecule has 0 spiro atoms. The molecule has 1 heterocycles. The molecule has 0 amide bonds. The van der Waals surface area contributed by atoms with Crippen LogP contribution in [0.5, 0.6) is 0 Å². The molecule has 1 nitrogen and oxygen atoms in total. The minimum Gasteiger partial charge on any atom is -0.301 e. The first-order chi connectivity index (χ1) is 6.27. The van der Waals surface area contributed by atoms with Gasteiger partial charge in [0.1, 0.15) is 0 Å². The first kappa shape index (κ1) is 9.38. The molecule has 1 unspecified atom stereocenters. The summed E-state index contributed by atoms with van der Waals surface area (Å²) < 4.78 is 0. The fourth-order valence-corrected chi connectivity index (χ4v) is 2.65. The van der Waals surface area contributed by atoms with E-state index in [9.17, 15) is 0 Å². The Morgan fingerprint density at radius 2 is 2.38 bits per heavy atom. The first-order valence-electron chi connectivity index (χ1n) is 4.38. The number of benzene rings is 1. The Kier molecular flexibility index (Phi) is 2.82. The van der Waals surface area contributed by atoms with Gasteiger partial charge in [-0.1, -0.05) is 23.7 Å². The van der Waals surface area contributed by atoms with E-state index in [1.165, 1.54) is 11.3 Å². The second-order valence-corrected chi connectivity index (χ2v) is 4.83. The lowest BCUT2D eigenvalue weighted by molar-refractivity contribution is 0.751. The van der Waals surface area contributed by atoms with Crippen molar-refractivity contribution in [2.75, 3.05) is 12.3 Å². The molecule has 1 saturated heterocycles. The Morgan fingerprint density at radius 3 is 3.00 bits per heavy atom. The van der Waals surface area contributed by atoms with E-state index in [-0.39, 0.29) is 0 Å². The summed E-state index contributed by atoms with van der Waals surface area (Å²) in [6.07, 6.45) is 0. The van der Waals surface area contributed by atoms with Crippen molar-refractivity contribution < 1.29 is 0 Å². The molecule has 1 aromatic carbocycles. The highest BCUT2D eigenvalue weighted by Crippen LogP contribution is 2.31. The smallest absolute Gasteiger partial charge is 0.0790 e. The third kappa shape index (κ3) is 2.01. The van der Waals surface area contributed by atoms with Gasteiger partial charge in [-0.2, -0.15) is 0 Å². The third-order valence-corrected chi connectivity index (χ3v) is 3.83. The van der Waals surface area contributed by atoms with Gasteiger partial charge in [-0.25, -0.2) is 0 Å². The lowest BCUT2D eigenvalue weighted by Crippen LogP contribution is -2.11. The van der Waals surface area contributed by atoms with Crippen molar-refractivity contribution in [2.24, 2.45) is 0 Å². The summed E-state index contributed by atoms with van der Waals surface area (Å²) >= 11 is 8.00. The maximum absolute atomic E-state index is 6.06. The summed E-state index contributed by atoms with van der Waals surface area (Å²) in [5.74, 6) is 1.19. The number of aryl methyl sites for hydroxylation is 1. The van der Waals surface area contributed by atoms with Crippen LogP contribution in [0.3, 0.4) is 0 Å². The van der Waals surface area contributed by atoms with Crippen LogP contribution in [0.1, 0.15) is 16.5 Å². The predicted molar refractivity (Wildman–Crippen MR) is 59.4 cm³/mol. The topological polar surface area (TPSA) is 12.0 Å². The van der Waals surface area contributed by atoms with Gasteiger partial charge in [0.25, 0.3) is 0 Å². The van der Waals surface area contributed by atoms with Crippen LogP contribution < -0.4 is 5.32 Å². The molecule has 1 fully saturated rings. The van der Waals surface area contributed by atoms with Gasteiger partial charge in [0.2, 0.25) is 0 Å². The Balaban J connectivity index is 2.25. The molecule has 1 aromatic rings. The van der Waals surface area contributed by atoms with E-state index >= 15 is 0 Å². The molecule has 1 aliphatic rings. The highest BCUT2D eigenvalue weighted by Gasteiger charge is 2.16. The van der Waals surface area contributed by atoms with Crippen LogP contribution in [0.4, 0.5) is 0 Å². The maximum atomic E-state index is 6.06. The molecule has 2 rings (SSSR count). The SMILES string of the molecule is Cc1ccc(C2NCCS2)cc1Cl. The number of hydrogen-bond acceptors (Lipinski definition) is 2. The van der Waals surface area contributed by atoms with Gasteiger partial charge in [-0.15, -0.1) is 11.8 Å². The molecule has 0 radical (unpaired) electrons. The van der Waals surface area contributed by atoms with Gasteiger partial charge < -0.3 is 5.32 Å². The Labute approximate surface area is 87.9 Å². The quantitative estimate of drug-likeness (QED) is 0.770. The number of nitrogens with one attached hydrogen (secondary N) is 1. The zero-order chi connectivity index (χ0) is 9.26. The average molecular weight is 214 g/mol. The van der Waals surface area contributed by atoms with Crippen molar-refractivity contribution in [1.82, 2.24) is 5.32 Å². The third-order valence-electron chi connectivity index (χ3n) is 2.21. The van der Waals surface area contributed by atoms with Gasteiger partial charge in [-0.05, 0) is 24.1 Å². The number of halogens is 1. The second kappa shape index (κ2) is 3.91. The van der Waals surface area contributed by atoms with Crippen molar-refractivity contribution in [2.45, 2.75) is 12.3 Å². The highest BCUT2D eigenvalue weighted by atomic mass is 35.5. The fourth-order valence-electron chi connectivity index (χ4n) is 1.41. The van der Waals surface area contributed by atoms with E-state index in [2.05, 4.69) is 23.5 Å². The van der Waals surface area contributed by atoms with Crippen molar-refractivity contribution in [3.8, 4) is 0 Å². The molecule has 0 aromatic heterocycles.